The minimum Gasteiger partial charge on any atom is -0.397 e. The first kappa shape index (κ1) is 13.4. The minimum atomic E-state index is 0.239. The molecule has 2 nitrogen and oxygen atoms in total. The van der Waals surface area contributed by atoms with Crippen LogP contribution in [0.25, 0.3) is 0 Å². The molecule has 1 aliphatic rings. The monoisotopic (exact) mass is 198 g/mol. The highest BCUT2D eigenvalue weighted by atomic mass is 16.3. The molecule has 0 radical (unpaired) electrons. The number of aliphatic hydroxyl groups excluding tert-OH is 2. The van der Waals surface area contributed by atoms with Crippen LogP contribution in [-0.2, 0) is 0 Å². The molecule has 0 aromatic carbocycles. The first-order chi connectivity index (χ1) is 6.65. The molecule has 0 saturated carbocycles. The molecule has 0 fully saturated rings. The van der Waals surface area contributed by atoms with Crippen molar-refractivity contribution in [2.45, 2.75) is 33.1 Å². The third-order valence-electron chi connectivity index (χ3n) is 2.40. The molecule has 14 heavy (non-hydrogen) atoms. The summed E-state index contributed by atoms with van der Waals surface area (Å²) in [4.78, 5) is 0. The molecule has 2 heteroatoms. The largest absolute Gasteiger partial charge is 0.397 e. The molecule has 82 valence electrons. The average molecular weight is 198 g/mol. The number of rotatable bonds is 2. The predicted molar refractivity (Wildman–Crippen MR) is 60.1 cm³/mol. The third-order valence-corrected chi connectivity index (χ3v) is 2.40. The molecule has 0 spiro atoms. The van der Waals surface area contributed by atoms with Crippen molar-refractivity contribution in [1.82, 2.24) is 0 Å². The zero-order valence-electron chi connectivity index (χ0n) is 9.29. The van der Waals surface area contributed by atoms with Gasteiger partial charge in [0.25, 0.3) is 0 Å². The SMILES string of the molecule is C=C(C)C1CC=C(CO)CC1.CCO. The lowest BCUT2D eigenvalue weighted by molar-refractivity contribution is 0.318. The zero-order valence-corrected chi connectivity index (χ0v) is 9.29. The third kappa shape index (κ3) is 5.20. The van der Waals surface area contributed by atoms with Gasteiger partial charge in [-0.2, -0.15) is 0 Å². The smallest absolute Gasteiger partial charge is 0.0641 e. The van der Waals surface area contributed by atoms with Gasteiger partial charge in [-0.05, 0) is 44.6 Å². The highest BCUT2D eigenvalue weighted by molar-refractivity contribution is 5.11. The average Bonchev–Trinajstić information content (AvgIpc) is 2.19. The maximum atomic E-state index is 8.83. The van der Waals surface area contributed by atoms with E-state index in [4.69, 9.17) is 10.2 Å². The summed E-state index contributed by atoms with van der Waals surface area (Å²) in [6, 6.07) is 0. The molecule has 1 atom stereocenters. The van der Waals surface area contributed by atoms with Gasteiger partial charge in [0.1, 0.15) is 0 Å². The summed E-state index contributed by atoms with van der Waals surface area (Å²) < 4.78 is 0. The number of hydrogen-bond donors (Lipinski definition) is 2. The number of allylic oxidation sites excluding steroid dienone is 2. The quantitative estimate of drug-likeness (QED) is 0.668. The van der Waals surface area contributed by atoms with Crippen molar-refractivity contribution in [2.75, 3.05) is 13.2 Å². The van der Waals surface area contributed by atoms with Crippen molar-refractivity contribution < 1.29 is 10.2 Å². The Labute approximate surface area is 87.0 Å². The molecule has 0 aromatic heterocycles. The summed E-state index contributed by atoms with van der Waals surface area (Å²) in [6.07, 6.45) is 5.45. The van der Waals surface area contributed by atoms with Gasteiger partial charge in [0.05, 0.1) is 6.61 Å². The van der Waals surface area contributed by atoms with Gasteiger partial charge in [0.2, 0.25) is 0 Å². The van der Waals surface area contributed by atoms with Crippen molar-refractivity contribution >= 4 is 0 Å². The first-order valence-corrected chi connectivity index (χ1v) is 5.20. The zero-order chi connectivity index (χ0) is 11.0. The van der Waals surface area contributed by atoms with Gasteiger partial charge in [-0.15, -0.1) is 0 Å². The molecule has 0 heterocycles. The molecule has 1 rings (SSSR count). The van der Waals surface area contributed by atoms with Gasteiger partial charge < -0.3 is 10.2 Å². The van der Waals surface area contributed by atoms with Crippen LogP contribution in [-0.4, -0.2) is 23.4 Å². The molecule has 0 aromatic rings. The van der Waals surface area contributed by atoms with Gasteiger partial charge in [0, 0.05) is 6.61 Å². The van der Waals surface area contributed by atoms with Crippen LogP contribution in [0.2, 0.25) is 0 Å². The van der Waals surface area contributed by atoms with E-state index in [1.165, 1.54) is 17.6 Å². The van der Waals surface area contributed by atoms with Crippen LogP contribution >= 0.6 is 0 Å². The van der Waals surface area contributed by atoms with Gasteiger partial charge in [-0.25, -0.2) is 0 Å². The van der Waals surface area contributed by atoms with Crippen LogP contribution in [0.1, 0.15) is 33.1 Å². The Morgan fingerprint density at radius 3 is 2.43 bits per heavy atom. The second kappa shape index (κ2) is 7.77. The lowest BCUT2D eigenvalue weighted by Gasteiger charge is -2.20. The van der Waals surface area contributed by atoms with Crippen molar-refractivity contribution in [3.8, 4) is 0 Å². The van der Waals surface area contributed by atoms with E-state index >= 15 is 0 Å². The van der Waals surface area contributed by atoms with E-state index in [-0.39, 0.29) is 13.2 Å². The normalized spacial score (nSPS) is 20.6. The van der Waals surface area contributed by atoms with E-state index < -0.39 is 0 Å². The van der Waals surface area contributed by atoms with Gasteiger partial charge in [-0.3, -0.25) is 0 Å². The van der Waals surface area contributed by atoms with Crippen molar-refractivity contribution in [3.05, 3.63) is 23.8 Å². The fourth-order valence-corrected chi connectivity index (χ4v) is 1.48. The Balaban J connectivity index is 0.000000500. The fourth-order valence-electron chi connectivity index (χ4n) is 1.48. The maximum absolute atomic E-state index is 8.83. The van der Waals surface area contributed by atoms with Gasteiger partial charge in [0.15, 0.2) is 0 Å². The summed E-state index contributed by atoms with van der Waals surface area (Å²) in [5, 5.41) is 16.4. The lowest BCUT2D eigenvalue weighted by atomic mass is 9.86. The number of hydrogen-bond acceptors (Lipinski definition) is 2. The Morgan fingerprint density at radius 1 is 1.57 bits per heavy atom. The molecular formula is C12H22O2. The second-order valence-electron chi connectivity index (χ2n) is 3.65. The molecule has 1 unspecified atom stereocenters. The van der Waals surface area contributed by atoms with Crippen LogP contribution < -0.4 is 0 Å². The highest BCUT2D eigenvalue weighted by Gasteiger charge is 2.13. The van der Waals surface area contributed by atoms with E-state index in [2.05, 4.69) is 19.6 Å². The molecule has 0 saturated heterocycles. The summed E-state index contributed by atoms with van der Waals surface area (Å²) in [7, 11) is 0. The minimum absolute atomic E-state index is 0.239. The van der Waals surface area contributed by atoms with E-state index in [9.17, 15) is 0 Å². The van der Waals surface area contributed by atoms with E-state index in [0.29, 0.717) is 5.92 Å². The van der Waals surface area contributed by atoms with Crippen LogP contribution in [0.5, 0.6) is 0 Å². The Morgan fingerprint density at radius 2 is 2.14 bits per heavy atom. The van der Waals surface area contributed by atoms with Crippen molar-refractivity contribution in [3.63, 3.8) is 0 Å². The Hall–Kier alpha value is -0.600. The summed E-state index contributed by atoms with van der Waals surface area (Å²) in [6.45, 7) is 8.19. The van der Waals surface area contributed by atoms with Crippen molar-refractivity contribution in [2.24, 2.45) is 5.92 Å². The molecule has 1 aliphatic carbocycles. The van der Waals surface area contributed by atoms with Gasteiger partial charge >= 0.3 is 0 Å². The fraction of sp³-hybridized carbons (Fsp3) is 0.667. The summed E-state index contributed by atoms with van der Waals surface area (Å²) in [5.41, 5.74) is 2.47. The molecular weight excluding hydrogens is 176 g/mol. The number of aliphatic hydroxyl groups is 2. The summed E-state index contributed by atoms with van der Waals surface area (Å²) >= 11 is 0. The molecule has 2 N–H and O–H groups in total. The maximum Gasteiger partial charge on any atom is 0.0641 e. The topological polar surface area (TPSA) is 40.5 Å². The van der Waals surface area contributed by atoms with E-state index in [0.717, 1.165) is 12.8 Å². The van der Waals surface area contributed by atoms with Crippen LogP contribution in [0.4, 0.5) is 0 Å². The first-order valence-electron chi connectivity index (χ1n) is 5.20. The predicted octanol–water partition coefficient (Wildman–Crippen LogP) is 2.28. The highest BCUT2D eigenvalue weighted by Crippen LogP contribution is 2.27. The van der Waals surface area contributed by atoms with Gasteiger partial charge in [-0.1, -0.05) is 18.2 Å². The Kier molecular flexibility index (Phi) is 7.44. The van der Waals surface area contributed by atoms with E-state index in [1.807, 2.05) is 0 Å². The van der Waals surface area contributed by atoms with Crippen LogP contribution in [0, 0.1) is 5.92 Å². The molecule has 0 bridgehead atoms. The summed E-state index contributed by atoms with van der Waals surface area (Å²) in [5.74, 6) is 0.658. The van der Waals surface area contributed by atoms with Crippen molar-refractivity contribution in [1.29, 1.82) is 0 Å². The standard InChI is InChI=1S/C10H16O.C2H6O/c1-8(2)10-5-3-9(7-11)4-6-10;1-2-3/h3,10-11H,1,4-7H2,2H3;3H,2H2,1H3. The van der Waals surface area contributed by atoms with Crippen LogP contribution in [0.3, 0.4) is 0 Å². The molecule has 0 amide bonds. The van der Waals surface area contributed by atoms with E-state index in [1.54, 1.807) is 6.92 Å². The molecule has 0 aliphatic heterocycles. The second-order valence-corrected chi connectivity index (χ2v) is 3.65. The van der Waals surface area contributed by atoms with Crippen LogP contribution in [0.15, 0.2) is 23.8 Å². The Bertz CT molecular complexity index is 194. The lowest BCUT2D eigenvalue weighted by Crippen LogP contribution is -2.07.